The molecule has 3 atom stereocenters. The molecule has 4 nitrogen and oxygen atoms in total. The summed E-state index contributed by atoms with van der Waals surface area (Å²) >= 11 is 1.71. The summed E-state index contributed by atoms with van der Waals surface area (Å²) in [6.45, 7) is 4.82. The lowest BCUT2D eigenvalue weighted by Crippen LogP contribution is -2.27. The van der Waals surface area contributed by atoms with Gasteiger partial charge in [0.25, 0.3) is 0 Å². The summed E-state index contributed by atoms with van der Waals surface area (Å²) in [6, 6.07) is 0. The van der Waals surface area contributed by atoms with Gasteiger partial charge in [-0.15, -0.1) is 11.8 Å². The standard InChI is InChI=1S/C8H16N2O2S/c1-5-7(3-4-12-5)13-6(2)8(9)10-11/h5-7,11H,3-4H2,1-2H3,(H2,9,10). The van der Waals surface area contributed by atoms with E-state index in [1.807, 2.05) is 6.92 Å². The number of hydrogen-bond acceptors (Lipinski definition) is 4. The molecule has 1 aliphatic heterocycles. The minimum atomic E-state index is 0.0548. The van der Waals surface area contributed by atoms with Crippen molar-refractivity contribution in [2.24, 2.45) is 10.9 Å². The fraction of sp³-hybridized carbons (Fsp3) is 0.875. The summed E-state index contributed by atoms with van der Waals surface area (Å²) < 4.78 is 5.42. The van der Waals surface area contributed by atoms with E-state index < -0.39 is 0 Å². The van der Waals surface area contributed by atoms with Crippen LogP contribution in [0.4, 0.5) is 0 Å². The molecule has 0 aromatic heterocycles. The lowest BCUT2D eigenvalue weighted by Gasteiger charge is -2.17. The Labute approximate surface area is 82.5 Å². The second-order valence-electron chi connectivity index (χ2n) is 3.21. The van der Waals surface area contributed by atoms with Gasteiger partial charge in [0.15, 0.2) is 5.84 Å². The van der Waals surface area contributed by atoms with Gasteiger partial charge in [-0.2, -0.15) is 0 Å². The number of amidine groups is 1. The fourth-order valence-corrected chi connectivity index (χ4v) is 2.55. The monoisotopic (exact) mass is 204 g/mol. The van der Waals surface area contributed by atoms with Crippen molar-refractivity contribution >= 4 is 17.6 Å². The first kappa shape index (κ1) is 10.7. The molecule has 0 aliphatic carbocycles. The lowest BCUT2D eigenvalue weighted by molar-refractivity contribution is 0.127. The van der Waals surface area contributed by atoms with Gasteiger partial charge in [0.2, 0.25) is 0 Å². The quantitative estimate of drug-likeness (QED) is 0.312. The molecule has 0 saturated carbocycles. The number of ether oxygens (including phenoxy) is 1. The van der Waals surface area contributed by atoms with E-state index >= 15 is 0 Å². The van der Waals surface area contributed by atoms with Crippen LogP contribution in [0.2, 0.25) is 0 Å². The Bertz CT molecular complexity index is 199. The molecule has 1 heterocycles. The minimum Gasteiger partial charge on any atom is -0.409 e. The molecule has 0 radical (unpaired) electrons. The Balaban J connectivity index is 2.39. The number of oxime groups is 1. The molecule has 1 saturated heterocycles. The maximum Gasteiger partial charge on any atom is 0.152 e. The van der Waals surface area contributed by atoms with Crippen molar-refractivity contribution < 1.29 is 9.94 Å². The SMILES string of the molecule is CC(SC1CCOC1C)C(N)=NO. The van der Waals surface area contributed by atoms with Crippen LogP contribution >= 0.6 is 11.8 Å². The van der Waals surface area contributed by atoms with Crippen LogP contribution in [-0.4, -0.2) is 34.3 Å². The van der Waals surface area contributed by atoms with Crippen LogP contribution < -0.4 is 5.73 Å². The maximum absolute atomic E-state index is 8.46. The topological polar surface area (TPSA) is 67.8 Å². The van der Waals surface area contributed by atoms with Crippen LogP contribution in [0, 0.1) is 0 Å². The molecular formula is C8H16N2O2S. The first-order valence-electron chi connectivity index (χ1n) is 4.39. The third kappa shape index (κ3) is 2.77. The van der Waals surface area contributed by atoms with Crippen molar-refractivity contribution in [3.05, 3.63) is 0 Å². The van der Waals surface area contributed by atoms with Crippen molar-refractivity contribution in [1.29, 1.82) is 0 Å². The van der Waals surface area contributed by atoms with Gasteiger partial charge in [0, 0.05) is 11.9 Å². The number of rotatable bonds is 3. The van der Waals surface area contributed by atoms with E-state index in [0.29, 0.717) is 5.25 Å². The maximum atomic E-state index is 8.46. The molecule has 0 amide bonds. The Morgan fingerprint density at radius 3 is 2.92 bits per heavy atom. The van der Waals surface area contributed by atoms with Crippen LogP contribution in [0.3, 0.4) is 0 Å². The van der Waals surface area contributed by atoms with E-state index in [2.05, 4.69) is 12.1 Å². The third-order valence-electron chi connectivity index (χ3n) is 2.22. The van der Waals surface area contributed by atoms with Crippen molar-refractivity contribution in [2.45, 2.75) is 36.9 Å². The van der Waals surface area contributed by atoms with Crippen LogP contribution in [0.5, 0.6) is 0 Å². The fourth-order valence-electron chi connectivity index (χ4n) is 1.30. The average molecular weight is 204 g/mol. The largest absolute Gasteiger partial charge is 0.409 e. The molecular weight excluding hydrogens is 188 g/mol. The van der Waals surface area contributed by atoms with Gasteiger partial charge in [-0.25, -0.2) is 0 Å². The van der Waals surface area contributed by atoms with Crippen molar-refractivity contribution in [2.75, 3.05) is 6.61 Å². The third-order valence-corrected chi connectivity index (χ3v) is 3.84. The van der Waals surface area contributed by atoms with Gasteiger partial charge in [-0.3, -0.25) is 0 Å². The van der Waals surface area contributed by atoms with Gasteiger partial charge in [-0.1, -0.05) is 5.16 Å². The summed E-state index contributed by atoms with van der Waals surface area (Å²) in [6.07, 6.45) is 1.33. The highest BCUT2D eigenvalue weighted by atomic mass is 32.2. The molecule has 76 valence electrons. The highest BCUT2D eigenvalue weighted by Crippen LogP contribution is 2.29. The molecule has 3 N–H and O–H groups in total. The number of nitrogens with zero attached hydrogens (tertiary/aromatic N) is 1. The number of nitrogens with two attached hydrogens (primary N) is 1. The molecule has 3 unspecified atom stereocenters. The molecule has 1 rings (SSSR count). The zero-order valence-corrected chi connectivity index (χ0v) is 8.75. The predicted octanol–water partition coefficient (Wildman–Crippen LogP) is 1.03. The van der Waals surface area contributed by atoms with E-state index in [4.69, 9.17) is 15.7 Å². The summed E-state index contributed by atoms with van der Waals surface area (Å²) in [4.78, 5) is 0. The Hall–Kier alpha value is -0.420. The van der Waals surface area contributed by atoms with Crippen LogP contribution in [0.25, 0.3) is 0 Å². The van der Waals surface area contributed by atoms with Crippen LogP contribution in [-0.2, 0) is 4.74 Å². The second kappa shape index (κ2) is 4.72. The molecule has 0 bridgehead atoms. The molecule has 0 spiro atoms. The van der Waals surface area contributed by atoms with E-state index in [9.17, 15) is 0 Å². The smallest absolute Gasteiger partial charge is 0.152 e. The first-order chi connectivity index (χ1) is 6.15. The Morgan fingerprint density at radius 2 is 2.46 bits per heavy atom. The van der Waals surface area contributed by atoms with E-state index in [1.165, 1.54) is 0 Å². The summed E-state index contributed by atoms with van der Waals surface area (Å²) in [5.74, 6) is 0.282. The van der Waals surface area contributed by atoms with Gasteiger partial charge >= 0.3 is 0 Å². The summed E-state index contributed by atoms with van der Waals surface area (Å²) in [5.41, 5.74) is 5.48. The summed E-state index contributed by atoms with van der Waals surface area (Å²) in [7, 11) is 0. The van der Waals surface area contributed by atoms with Gasteiger partial charge in [-0.05, 0) is 20.3 Å². The van der Waals surface area contributed by atoms with Crippen LogP contribution in [0.1, 0.15) is 20.3 Å². The Morgan fingerprint density at radius 1 is 1.77 bits per heavy atom. The van der Waals surface area contributed by atoms with Gasteiger partial charge < -0.3 is 15.7 Å². The van der Waals surface area contributed by atoms with E-state index in [0.717, 1.165) is 13.0 Å². The molecule has 13 heavy (non-hydrogen) atoms. The number of hydrogen-bond donors (Lipinski definition) is 2. The van der Waals surface area contributed by atoms with Crippen molar-refractivity contribution in [3.8, 4) is 0 Å². The molecule has 1 fully saturated rings. The highest BCUT2D eigenvalue weighted by Gasteiger charge is 2.27. The van der Waals surface area contributed by atoms with Crippen LogP contribution in [0.15, 0.2) is 5.16 Å². The lowest BCUT2D eigenvalue weighted by atomic mass is 10.3. The normalized spacial score (nSPS) is 32.0. The Kier molecular flexibility index (Phi) is 3.87. The number of thioether (sulfide) groups is 1. The molecule has 0 aromatic carbocycles. The highest BCUT2D eigenvalue weighted by molar-refractivity contribution is 8.01. The zero-order valence-electron chi connectivity index (χ0n) is 7.93. The second-order valence-corrected chi connectivity index (χ2v) is 4.79. The van der Waals surface area contributed by atoms with E-state index in [1.54, 1.807) is 11.8 Å². The first-order valence-corrected chi connectivity index (χ1v) is 5.34. The van der Waals surface area contributed by atoms with Crippen molar-refractivity contribution in [1.82, 2.24) is 0 Å². The average Bonchev–Trinajstić information content (AvgIpc) is 2.50. The predicted molar refractivity (Wildman–Crippen MR) is 54.3 cm³/mol. The molecule has 1 aliphatic rings. The van der Waals surface area contributed by atoms with E-state index in [-0.39, 0.29) is 17.2 Å². The summed E-state index contributed by atoms with van der Waals surface area (Å²) in [5, 5.41) is 12.0. The van der Waals surface area contributed by atoms with Gasteiger partial charge in [0.1, 0.15) is 0 Å². The molecule has 0 aromatic rings. The van der Waals surface area contributed by atoms with Gasteiger partial charge in [0.05, 0.1) is 11.4 Å². The zero-order chi connectivity index (χ0) is 9.84. The molecule has 5 heteroatoms. The van der Waals surface area contributed by atoms with Crippen molar-refractivity contribution in [3.63, 3.8) is 0 Å². The minimum absolute atomic E-state index is 0.0548.